The highest BCUT2D eigenvalue weighted by Crippen LogP contribution is 2.01. The monoisotopic (exact) mass is 249 g/mol. The van der Waals surface area contributed by atoms with Gasteiger partial charge in [-0.2, -0.15) is 0 Å². The van der Waals surface area contributed by atoms with Gasteiger partial charge in [-0.25, -0.2) is 0 Å². The molecule has 13 heavy (non-hydrogen) atoms. The maximum atomic E-state index is 11.2. The minimum absolute atomic E-state index is 0.206. The minimum atomic E-state index is 0.206. The molecule has 3 heteroatoms. The third-order valence-electron chi connectivity index (χ3n) is 2.04. The molecule has 78 valence electrons. The fraction of sp³-hybridized carbons (Fsp3) is 0.900. The lowest BCUT2D eigenvalue weighted by atomic mass is 10.2. The zero-order chi connectivity index (χ0) is 10.1. The number of amides is 1. The molecule has 0 N–H and O–H groups in total. The van der Waals surface area contributed by atoms with Crippen LogP contribution in [0.4, 0.5) is 0 Å². The van der Waals surface area contributed by atoms with Crippen molar-refractivity contribution >= 4 is 21.8 Å². The largest absolute Gasteiger partial charge is 0.343 e. The van der Waals surface area contributed by atoms with Crippen molar-refractivity contribution in [2.75, 3.05) is 18.4 Å². The standard InChI is InChI=1S/C10H20BrNO/c1-3-4-5-8-12(10(2)13)9-6-7-11/h3-9H2,1-2H3. The number of rotatable bonds is 7. The first-order valence-corrected chi connectivity index (χ1v) is 6.16. The lowest BCUT2D eigenvalue weighted by Crippen LogP contribution is -2.30. The molecule has 1 amide bonds. The highest BCUT2D eigenvalue weighted by molar-refractivity contribution is 9.09. The maximum Gasteiger partial charge on any atom is 0.219 e. The fourth-order valence-corrected chi connectivity index (χ4v) is 1.48. The summed E-state index contributed by atoms with van der Waals surface area (Å²) in [5, 5.41) is 0.977. The second-order valence-electron chi connectivity index (χ2n) is 3.26. The summed E-state index contributed by atoms with van der Waals surface area (Å²) >= 11 is 3.37. The van der Waals surface area contributed by atoms with E-state index in [9.17, 15) is 4.79 Å². The van der Waals surface area contributed by atoms with Crippen molar-refractivity contribution in [3.8, 4) is 0 Å². The first kappa shape index (κ1) is 12.9. The normalized spacial score (nSPS) is 10.1. The molecule has 0 aromatic heterocycles. The third-order valence-corrected chi connectivity index (χ3v) is 2.60. The summed E-state index contributed by atoms with van der Waals surface area (Å²) in [6, 6.07) is 0. The Morgan fingerprint density at radius 3 is 2.31 bits per heavy atom. The van der Waals surface area contributed by atoms with Crippen LogP contribution in [-0.2, 0) is 4.79 Å². The molecule has 0 bridgehead atoms. The Kier molecular flexibility index (Phi) is 8.51. The van der Waals surface area contributed by atoms with Crippen LogP contribution >= 0.6 is 15.9 Å². The predicted octanol–water partition coefficient (Wildman–Crippen LogP) is 2.81. The van der Waals surface area contributed by atoms with E-state index in [1.165, 1.54) is 12.8 Å². The number of nitrogens with zero attached hydrogens (tertiary/aromatic N) is 1. The summed E-state index contributed by atoms with van der Waals surface area (Å²) in [6.45, 7) is 5.65. The summed E-state index contributed by atoms with van der Waals surface area (Å²) in [7, 11) is 0. The van der Waals surface area contributed by atoms with E-state index in [1.54, 1.807) is 6.92 Å². The quantitative estimate of drug-likeness (QED) is 0.502. The van der Waals surface area contributed by atoms with Crippen LogP contribution in [0.1, 0.15) is 39.5 Å². The molecule has 0 aromatic rings. The molecular formula is C10H20BrNO. The maximum absolute atomic E-state index is 11.2. The highest BCUT2D eigenvalue weighted by atomic mass is 79.9. The number of hydrogen-bond acceptors (Lipinski definition) is 1. The summed E-state index contributed by atoms with van der Waals surface area (Å²) in [5.74, 6) is 0.206. The molecule has 0 rings (SSSR count). The van der Waals surface area contributed by atoms with Gasteiger partial charge in [0.25, 0.3) is 0 Å². The van der Waals surface area contributed by atoms with Crippen LogP contribution in [0, 0.1) is 0 Å². The molecule has 0 heterocycles. The zero-order valence-corrected chi connectivity index (χ0v) is 10.3. The van der Waals surface area contributed by atoms with E-state index in [4.69, 9.17) is 0 Å². The predicted molar refractivity (Wildman–Crippen MR) is 60.2 cm³/mol. The second kappa shape index (κ2) is 8.54. The van der Waals surface area contributed by atoms with Crippen molar-refractivity contribution in [3.63, 3.8) is 0 Å². The number of unbranched alkanes of at least 4 members (excludes halogenated alkanes) is 2. The number of halogens is 1. The van der Waals surface area contributed by atoms with Crippen molar-refractivity contribution in [1.82, 2.24) is 4.90 Å². The van der Waals surface area contributed by atoms with Gasteiger partial charge in [0.2, 0.25) is 5.91 Å². The van der Waals surface area contributed by atoms with Crippen LogP contribution in [0.3, 0.4) is 0 Å². The third kappa shape index (κ3) is 7.05. The molecule has 0 aromatic carbocycles. The van der Waals surface area contributed by atoms with Crippen molar-refractivity contribution < 1.29 is 4.79 Å². The van der Waals surface area contributed by atoms with Gasteiger partial charge >= 0.3 is 0 Å². The molecule has 2 nitrogen and oxygen atoms in total. The smallest absolute Gasteiger partial charge is 0.219 e. The number of alkyl halides is 1. The van der Waals surface area contributed by atoms with Gasteiger partial charge in [0.05, 0.1) is 0 Å². The highest BCUT2D eigenvalue weighted by Gasteiger charge is 2.06. The summed E-state index contributed by atoms with van der Waals surface area (Å²) < 4.78 is 0. The molecule has 0 saturated heterocycles. The van der Waals surface area contributed by atoms with Gasteiger partial charge in [0, 0.05) is 25.3 Å². The van der Waals surface area contributed by atoms with Crippen LogP contribution < -0.4 is 0 Å². The topological polar surface area (TPSA) is 20.3 Å². The molecule has 0 unspecified atom stereocenters. The van der Waals surface area contributed by atoms with Crippen LogP contribution in [0.25, 0.3) is 0 Å². The molecule has 0 atom stereocenters. The lowest BCUT2D eigenvalue weighted by molar-refractivity contribution is -0.128. The van der Waals surface area contributed by atoms with Gasteiger partial charge in [-0.05, 0) is 12.8 Å². The minimum Gasteiger partial charge on any atom is -0.343 e. The first-order valence-electron chi connectivity index (χ1n) is 5.03. The number of carbonyl (C=O) groups is 1. The van der Waals surface area contributed by atoms with E-state index in [-0.39, 0.29) is 5.91 Å². The molecule has 0 spiro atoms. The Hall–Kier alpha value is -0.0500. The van der Waals surface area contributed by atoms with Gasteiger partial charge in [-0.3, -0.25) is 4.79 Å². The first-order chi connectivity index (χ1) is 6.22. The Balaban J connectivity index is 3.61. The Morgan fingerprint density at radius 2 is 1.85 bits per heavy atom. The van der Waals surface area contributed by atoms with Crippen LogP contribution in [-0.4, -0.2) is 29.2 Å². The van der Waals surface area contributed by atoms with Gasteiger partial charge < -0.3 is 4.90 Å². The van der Waals surface area contributed by atoms with Crippen molar-refractivity contribution in [3.05, 3.63) is 0 Å². The Bertz CT molecular complexity index is 139. The second-order valence-corrected chi connectivity index (χ2v) is 4.05. The fourth-order valence-electron chi connectivity index (χ4n) is 1.23. The average molecular weight is 250 g/mol. The molecule has 0 aliphatic carbocycles. The molecular weight excluding hydrogens is 230 g/mol. The molecule has 0 saturated carbocycles. The van der Waals surface area contributed by atoms with Crippen molar-refractivity contribution in [2.24, 2.45) is 0 Å². The molecule has 0 radical (unpaired) electrons. The number of carbonyl (C=O) groups excluding carboxylic acids is 1. The van der Waals surface area contributed by atoms with Gasteiger partial charge in [-0.15, -0.1) is 0 Å². The SMILES string of the molecule is CCCCCN(CCCBr)C(C)=O. The Labute approximate surface area is 89.8 Å². The summed E-state index contributed by atoms with van der Waals surface area (Å²) in [6.07, 6.45) is 4.62. The van der Waals surface area contributed by atoms with E-state index in [0.717, 1.165) is 31.3 Å². The van der Waals surface area contributed by atoms with E-state index >= 15 is 0 Å². The van der Waals surface area contributed by atoms with E-state index in [1.807, 2.05) is 4.90 Å². The van der Waals surface area contributed by atoms with Crippen LogP contribution in [0.5, 0.6) is 0 Å². The number of hydrogen-bond donors (Lipinski definition) is 0. The van der Waals surface area contributed by atoms with Crippen LogP contribution in [0.15, 0.2) is 0 Å². The van der Waals surface area contributed by atoms with Gasteiger partial charge in [-0.1, -0.05) is 35.7 Å². The van der Waals surface area contributed by atoms with E-state index < -0.39 is 0 Å². The average Bonchev–Trinajstić information content (AvgIpc) is 2.10. The Morgan fingerprint density at radius 1 is 1.23 bits per heavy atom. The lowest BCUT2D eigenvalue weighted by Gasteiger charge is -2.20. The van der Waals surface area contributed by atoms with E-state index in [2.05, 4.69) is 22.9 Å². The van der Waals surface area contributed by atoms with Crippen molar-refractivity contribution in [2.45, 2.75) is 39.5 Å². The summed E-state index contributed by atoms with van der Waals surface area (Å²) in [5.41, 5.74) is 0. The molecule has 0 aliphatic rings. The molecule has 0 fully saturated rings. The van der Waals surface area contributed by atoms with E-state index in [0.29, 0.717) is 0 Å². The van der Waals surface area contributed by atoms with Gasteiger partial charge in [0.15, 0.2) is 0 Å². The van der Waals surface area contributed by atoms with Crippen LogP contribution in [0.2, 0.25) is 0 Å². The van der Waals surface area contributed by atoms with Crippen molar-refractivity contribution in [1.29, 1.82) is 0 Å². The van der Waals surface area contributed by atoms with Gasteiger partial charge in [0.1, 0.15) is 0 Å². The summed E-state index contributed by atoms with van der Waals surface area (Å²) in [4.78, 5) is 13.1. The molecule has 0 aliphatic heterocycles. The zero-order valence-electron chi connectivity index (χ0n) is 8.68.